The summed E-state index contributed by atoms with van der Waals surface area (Å²) in [4.78, 5) is 29.3. The summed E-state index contributed by atoms with van der Waals surface area (Å²) in [5, 5.41) is 3.37. The number of nitrogens with one attached hydrogen (secondary N) is 1. The first-order valence-electron chi connectivity index (χ1n) is 9.96. The number of para-hydroxylation sites is 1. The first-order valence-corrected chi connectivity index (χ1v) is 9.96. The van der Waals surface area contributed by atoms with Crippen LogP contribution in [0.5, 0.6) is 0 Å². The van der Waals surface area contributed by atoms with Crippen LogP contribution < -0.4 is 5.32 Å². The molecule has 0 aliphatic rings. The first kappa shape index (κ1) is 21.5. The van der Waals surface area contributed by atoms with Gasteiger partial charge in [0.05, 0.1) is 17.2 Å². The average molecular weight is 410 g/mol. The van der Waals surface area contributed by atoms with Gasteiger partial charge in [-0.1, -0.05) is 18.2 Å². The third-order valence-corrected chi connectivity index (χ3v) is 4.36. The Morgan fingerprint density at radius 3 is 2.70 bits per heavy atom. The second-order valence-electron chi connectivity index (χ2n) is 7.18. The monoisotopic (exact) mass is 410 g/mol. The van der Waals surface area contributed by atoms with Gasteiger partial charge in [0, 0.05) is 18.5 Å². The van der Waals surface area contributed by atoms with Gasteiger partial charge in [-0.15, -0.1) is 0 Å². The van der Waals surface area contributed by atoms with E-state index in [2.05, 4.69) is 10.3 Å². The molecule has 0 aliphatic carbocycles. The normalized spacial score (nSPS) is 11.1. The maximum Gasteiger partial charge on any atom is 0.339 e. The van der Waals surface area contributed by atoms with E-state index in [0.717, 1.165) is 5.76 Å². The van der Waals surface area contributed by atoms with Crippen molar-refractivity contribution in [1.82, 2.24) is 10.3 Å². The van der Waals surface area contributed by atoms with E-state index in [1.54, 1.807) is 18.2 Å². The van der Waals surface area contributed by atoms with Gasteiger partial charge in [-0.05, 0) is 51.5 Å². The number of aromatic nitrogens is 1. The van der Waals surface area contributed by atoms with Crippen LogP contribution in [0.25, 0.3) is 22.4 Å². The van der Waals surface area contributed by atoms with Gasteiger partial charge >= 0.3 is 5.97 Å². The highest BCUT2D eigenvalue weighted by molar-refractivity contribution is 6.05. The number of ether oxygens (including phenoxy) is 2. The van der Waals surface area contributed by atoms with Crippen LogP contribution in [0.1, 0.15) is 36.4 Å². The molecule has 0 saturated heterocycles. The molecule has 3 aromatic rings. The lowest BCUT2D eigenvalue weighted by Crippen LogP contribution is -2.30. The lowest BCUT2D eigenvalue weighted by molar-refractivity contribution is -0.124. The molecule has 158 valence electrons. The van der Waals surface area contributed by atoms with Crippen LogP contribution in [0, 0.1) is 6.92 Å². The second-order valence-corrected chi connectivity index (χ2v) is 7.18. The lowest BCUT2D eigenvalue weighted by Gasteiger charge is -2.10. The fourth-order valence-electron chi connectivity index (χ4n) is 2.92. The number of esters is 1. The van der Waals surface area contributed by atoms with Crippen molar-refractivity contribution in [1.29, 1.82) is 0 Å². The zero-order valence-electron chi connectivity index (χ0n) is 17.4. The molecular formula is C23H26N2O5. The van der Waals surface area contributed by atoms with Crippen molar-refractivity contribution in [2.24, 2.45) is 0 Å². The van der Waals surface area contributed by atoms with E-state index in [1.165, 1.54) is 0 Å². The van der Waals surface area contributed by atoms with E-state index in [-0.39, 0.29) is 18.6 Å². The minimum atomic E-state index is -0.587. The van der Waals surface area contributed by atoms with Crippen molar-refractivity contribution >= 4 is 22.8 Å². The van der Waals surface area contributed by atoms with Gasteiger partial charge in [0.15, 0.2) is 12.4 Å². The Kier molecular flexibility index (Phi) is 7.19. The number of pyridine rings is 1. The molecule has 1 aromatic carbocycles. The molecule has 7 nitrogen and oxygen atoms in total. The Bertz CT molecular complexity index is 1030. The first-order chi connectivity index (χ1) is 14.4. The third-order valence-electron chi connectivity index (χ3n) is 4.36. The summed E-state index contributed by atoms with van der Waals surface area (Å²) in [7, 11) is 0. The zero-order chi connectivity index (χ0) is 21.5. The van der Waals surface area contributed by atoms with Crippen molar-refractivity contribution in [3.63, 3.8) is 0 Å². The van der Waals surface area contributed by atoms with Gasteiger partial charge in [-0.2, -0.15) is 0 Å². The van der Waals surface area contributed by atoms with Gasteiger partial charge in [0.2, 0.25) is 0 Å². The molecule has 7 heteroatoms. The van der Waals surface area contributed by atoms with Crippen molar-refractivity contribution in [3.05, 3.63) is 53.8 Å². The summed E-state index contributed by atoms with van der Waals surface area (Å²) < 4.78 is 16.3. The minimum absolute atomic E-state index is 0.159. The minimum Gasteiger partial charge on any atom is -0.460 e. The predicted octanol–water partition coefficient (Wildman–Crippen LogP) is 3.89. The standard InChI is InChI=1S/C23H26N2O5/c1-15(2)28-12-6-11-24-22(26)14-29-23(27)18-13-20(21-10-9-16(3)30-21)25-19-8-5-4-7-17(18)19/h4-5,7-10,13,15H,6,11-12,14H2,1-3H3,(H,24,26). The van der Waals surface area contributed by atoms with Gasteiger partial charge in [0.25, 0.3) is 5.91 Å². The average Bonchev–Trinajstić information content (AvgIpc) is 3.17. The maximum absolute atomic E-state index is 12.7. The highest BCUT2D eigenvalue weighted by Gasteiger charge is 2.17. The smallest absolute Gasteiger partial charge is 0.339 e. The number of aryl methyl sites for hydroxylation is 1. The molecule has 0 spiro atoms. The molecule has 0 aliphatic heterocycles. The summed E-state index contributed by atoms with van der Waals surface area (Å²) in [5.74, 6) is 0.373. The number of nitrogens with zero attached hydrogens (tertiary/aromatic N) is 1. The number of benzene rings is 1. The molecule has 2 aromatic heterocycles. The maximum atomic E-state index is 12.7. The largest absolute Gasteiger partial charge is 0.460 e. The van der Waals surface area contributed by atoms with Gasteiger partial charge in [-0.25, -0.2) is 9.78 Å². The van der Waals surface area contributed by atoms with Crippen LogP contribution in [0.15, 0.2) is 46.9 Å². The highest BCUT2D eigenvalue weighted by atomic mass is 16.5. The van der Waals surface area contributed by atoms with Crippen LogP contribution in [-0.2, 0) is 14.3 Å². The Hall–Kier alpha value is -3.19. The molecule has 3 rings (SSSR count). The van der Waals surface area contributed by atoms with Crippen molar-refractivity contribution < 1.29 is 23.5 Å². The molecule has 2 heterocycles. The van der Waals surface area contributed by atoms with Crippen LogP contribution in [0.4, 0.5) is 0 Å². The third kappa shape index (κ3) is 5.67. The van der Waals surface area contributed by atoms with Crippen LogP contribution >= 0.6 is 0 Å². The van der Waals surface area contributed by atoms with E-state index in [0.29, 0.717) is 47.5 Å². The van der Waals surface area contributed by atoms with E-state index >= 15 is 0 Å². The molecule has 0 saturated carbocycles. The number of furan rings is 1. The fourth-order valence-corrected chi connectivity index (χ4v) is 2.92. The van der Waals surface area contributed by atoms with Crippen molar-refractivity contribution in [2.75, 3.05) is 19.8 Å². The molecule has 0 unspecified atom stereocenters. The van der Waals surface area contributed by atoms with Gasteiger partial charge in [0.1, 0.15) is 11.5 Å². The molecule has 0 radical (unpaired) electrons. The molecule has 1 N–H and O–H groups in total. The van der Waals surface area contributed by atoms with Gasteiger partial charge in [-0.3, -0.25) is 4.79 Å². The molecule has 30 heavy (non-hydrogen) atoms. The molecular weight excluding hydrogens is 384 g/mol. The number of amides is 1. The summed E-state index contributed by atoms with van der Waals surface area (Å²) in [5.41, 5.74) is 1.51. The fraction of sp³-hybridized carbons (Fsp3) is 0.348. The van der Waals surface area contributed by atoms with Crippen molar-refractivity contribution in [3.8, 4) is 11.5 Å². The second kappa shape index (κ2) is 10.0. The summed E-state index contributed by atoms with van der Waals surface area (Å²) >= 11 is 0. The Labute approximate surface area is 175 Å². The van der Waals surface area contributed by atoms with E-state index < -0.39 is 5.97 Å². The Balaban J connectivity index is 1.66. The summed E-state index contributed by atoms with van der Waals surface area (Å²) in [6, 6.07) is 12.5. The van der Waals surface area contributed by atoms with E-state index in [1.807, 2.05) is 45.0 Å². The Morgan fingerprint density at radius 2 is 1.97 bits per heavy atom. The summed E-state index contributed by atoms with van der Waals surface area (Å²) in [6.07, 6.45) is 0.852. The summed E-state index contributed by atoms with van der Waals surface area (Å²) in [6.45, 7) is 6.43. The topological polar surface area (TPSA) is 90.7 Å². The SMILES string of the molecule is Cc1ccc(-c2cc(C(=O)OCC(=O)NCCCOC(C)C)c3ccccc3n2)o1. The van der Waals surface area contributed by atoms with Gasteiger partial charge < -0.3 is 19.2 Å². The van der Waals surface area contributed by atoms with E-state index in [9.17, 15) is 9.59 Å². The predicted molar refractivity (Wildman–Crippen MR) is 113 cm³/mol. The van der Waals surface area contributed by atoms with Crippen LogP contribution in [-0.4, -0.2) is 42.7 Å². The number of carbonyl (C=O) groups is 2. The number of hydrogen-bond donors (Lipinski definition) is 1. The van der Waals surface area contributed by atoms with Crippen molar-refractivity contribution in [2.45, 2.75) is 33.3 Å². The lowest BCUT2D eigenvalue weighted by atomic mass is 10.1. The molecule has 0 fully saturated rings. The Morgan fingerprint density at radius 1 is 1.17 bits per heavy atom. The number of hydrogen-bond acceptors (Lipinski definition) is 6. The quantitative estimate of drug-likeness (QED) is 0.425. The van der Waals surface area contributed by atoms with E-state index in [4.69, 9.17) is 13.9 Å². The number of rotatable bonds is 9. The number of carbonyl (C=O) groups excluding carboxylic acids is 2. The molecule has 1 amide bonds. The highest BCUT2D eigenvalue weighted by Crippen LogP contribution is 2.26. The zero-order valence-corrected chi connectivity index (χ0v) is 17.4. The number of fused-ring (bicyclic) bond motifs is 1. The van der Waals surface area contributed by atoms with Crippen LogP contribution in [0.2, 0.25) is 0 Å². The molecule has 0 atom stereocenters. The van der Waals surface area contributed by atoms with Crippen LogP contribution in [0.3, 0.4) is 0 Å². The molecule has 0 bridgehead atoms.